The third-order valence-electron chi connectivity index (χ3n) is 3.96. The van der Waals surface area contributed by atoms with E-state index >= 15 is 0 Å². The standard InChI is InChI=1S/C16H32N2O3/c1-12(2)18(11-9-15(20)21)14(19)7-6-13(8-10-17)16(3,4)5/h12-13H,6-11,17H2,1-5H3,(H,20,21). The summed E-state index contributed by atoms with van der Waals surface area (Å²) in [6.07, 6.45) is 2.17. The van der Waals surface area contributed by atoms with Gasteiger partial charge in [0.05, 0.1) is 6.42 Å². The molecule has 5 nitrogen and oxygen atoms in total. The van der Waals surface area contributed by atoms with Gasteiger partial charge in [0.2, 0.25) is 5.91 Å². The van der Waals surface area contributed by atoms with Crippen LogP contribution in [0.1, 0.15) is 60.3 Å². The molecule has 0 aliphatic carbocycles. The number of rotatable bonds is 9. The second kappa shape index (κ2) is 9.03. The molecule has 0 saturated heterocycles. The quantitative estimate of drug-likeness (QED) is 0.685. The van der Waals surface area contributed by atoms with E-state index in [1.54, 1.807) is 4.90 Å². The molecule has 0 radical (unpaired) electrons. The first kappa shape index (κ1) is 19.9. The van der Waals surface area contributed by atoms with E-state index < -0.39 is 5.97 Å². The van der Waals surface area contributed by atoms with Crippen LogP contribution in [0.4, 0.5) is 0 Å². The van der Waals surface area contributed by atoms with E-state index in [4.69, 9.17) is 10.8 Å². The molecule has 1 atom stereocenters. The average molecular weight is 300 g/mol. The minimum Gasteiger partial charge on any atom is -0.481 e. The number of aliphatic carboxylic acids is 1. The Kier molecular flexibility index (Phi) is 8.55. The van der Waals surface area contributed by atoms with Gasteiger partial charge in [0.15, 0.2) is 0 Å². The number of amides is 1. The summed E-state index contributed by atoms with van der Waals surface area (Å²) in [4.78, 5) is 24.7. The van der Waals surface area contributed by atoms with Crippen molar-refractivity contribution >= 4 is 11.9 Å². The summed E-state index contributed by atoms with van der Waals surface area (Å²) in [5.41, 5.74) is 5.79. The summed E-state index contributed by atoms with van der Waals surface area (Å²) in [5.74, 6) is -0.429. The van der Waals surface area contributed by atoms with E-state index in [9.17, 15) is 9.59 Å². The summed E-state index contributed by atoms with van der Waals surface area (Å²) >= 11 is 0. The lowest BCUT2D eigenvalue weighted by molar-refractivity contribution is -0.139. The maximum atomic E-state index is 12.3. The van der Waals surface area contributed by atoms with Crippen molar-refractivity contribution < 1.29 is 14.7 Å². The normalized spacial score (nSPS) is 13.3. The summed E-state index contributed by atoms with van der Waals surface area (Å²) in [6.45, 7) is 11.3. The zero-order valence-electron chi connectivity index (χ0n) is 14.2. The molecule has 0 aromatic carbocycles. The van der Waals surface area contributed by atoms with Gasteiger partial charge in [-0.15, -0.1) is 0 Å². The van der Waals surface area contributed by atoms with Crippen LogP contribution in [0.3, 0.4) is 0 Å². The zero-order valence-corrected chi connectivity index (χ0v) is 14.2. The molecule has 0 aliphatic heterocycles. The Hall–Kier alpha value is -1.10. The summed E-state index contributed by atoms with van der Waals surface area (Å²) in [5, 5.41) is 8.77. The molecule has 0 spiro atoms. The van der Waals surface area contributed by atoms with Gasteiger partial charge in [-0.05, 0) is 44.6 Å². The highest BCUT2D eigenvalue weighted by molar-refractivity contribution is 5.77. The van der Waals surface area contributed by atoms with Crippen LogP contribution in [0.25, 0.3) is 0 Å². The molecule has 0 fully saturated rings. The molecule has 1 amide bonds. The van der Waals surface area contributed by atoms with E-state index in [-0.39, 0.29) is 30.3 Å². The van der Waals surface area contributed by atoms with E-state index in [2.05, 4.69) is 20.8 Å². The molecule has 0 aliphatic rings. The van der Waals surface area contributed by atoms with Crippen LogP contribution in [0.5, 0.6) is 0 Å². The van der Waals surface area contributed by atoms with Gasteiger partial charge in [-0.25, -0.2) is 0 Å². The second-order valence-electron chi connectivity index (χ2n) is 7.00. The Morgan fingerprint density at radius 1 is 1.14 bits per heavy atom. The van der Waals surface area contributed by atoms with Crippen molar-refractivity contribution in [2.24, 2.45) is 17.1 Å². The van der Waals surface area contributed by atoms with Crippen molar-refractivity contribution in [1.29, 1.82) is 0 Å². The van der Waals surface area contributed by atoms with Crippen LogP contribution < -0.4 is 5.73 Å². The number of carbonyl (C=O) groups excluding carboxylic acids is 1. The van der Waals surface area contributed by atoms with Gasteiger partial charge in [0.1, 0.15) is 0 Å². The Labute approximate surface area is 128 Å². The van der Waals surface area contributed by atoms with Gasteiger partial charge in [-0.1, -0.05) is 20.8 Å². The maximum absolute atomic E-state index is 12.3. The molecule has 5 heteroatoms. The predicted molar refractivity (Wildman–Crippen MR) is 85.0 cm³/mol. The number of nitrogens with two attached hydrogens (primary N) is 1. The van der Waals surface area contributed by atoms with Crippen LogP contribution >= 0.6 is 0 Å². The van der Waals surface area contributed by atoms with Gasteiger partial charge in [-0.3, -0.25) is 9.59 Å². The number of hydrogen-bond donors (Lipinski definition) is 2. The van der Waals surface area contributed by atoms with Crippen molar-refractivity contribution in [3.8, 4) is 0 Å². The number of nitrogens with zero attached hydrogens (tertiary/aromatic N) is 1. The molecule has 124 valence electrons. The SMILES string of the molecule is CC(C)N(CCC(=O)O)C(=O)CCC(CCN)C(C)(C)C. The van der Waals surface area contributed by atoms with Crippen LogP contribution in [0.15, 0.2) is 0 Å². The highest BCUT2D eigenvalue weighted by Crippen LogP contribution is 2.32. The van der Waals surface area contributed by atoms with Crippen molar-refractivity contribution in [3.05, 3.63) is 0 Å². The highest BCUT2D eigenvalue weighted by Gasteiger charge is 2.26. The predicted octanol–water partition coefficient (Wildman–Crippen LogP) is 2.49. The van der Waals surface area contributed by atoms with Crippen LogP contribution in [0, 0.1) is 11.3 Å². The van der Waals surface area contributed by atoms with E-state index in [1.807, 2.05) is 13.8 Å². The molecule has 0 heterocycles. The monoisotopic (exact) mass is 300 g/mol. The van der Waals surface area contributed by atoms with E-state index in [0.717, 1.165) is 12.8 Å². The Bertz CT molecular complexity index is 335. The number of carboxylic acid groups (broad SMARTS) is 1. The third-order valence-corrected chi connectivity index (χ3v) is 3.96. The molecule has 0 aromatic heterocycles. The average Bonchev–Trinajstić information content (AvgIpc) is 2.32. The lowest BCUT2D eigenvalue weighted by atomic mass is 9.76. The maximum Gasteiger partial charge on any atom is 0.305 e. The number of carboxylic acids is 1. The van der Waals surface area contributed by atoms with Crippen molar-refractivity contribution in [2.75, 3.05) is 13.1 Å². The fourth-order valence-corrected chi connectivity index (χ4v) is 2.54. The second-order valence-corrected chi connectivity index (χ2v) is 7.00. The first-order valence-electron chi connectivity index (χ1n) is 7.81. The highest BCUT2D eigenvalue weighted by atomic mass is 16.4. The minimum absolute atomic E-state index is 0.00454. The number of carbonyl (C=O) groups is 2. The summed E-state index contributed by atoms with van der Waals surface area (Å²) in [7, 11) is 0. The largest absolute Gasteiger partial charge is 0.481 e. The van der Waals surface area contributed by atoms with Gasteiger partial charge in [-0.2, -0.15) is 0 Å². The number of hydrogen-bond acceptors (Lipinski definition) is 3. The first-order chi connectivity index (χ1) is 9.59. The molecule has 1 unspecified atom stereocenters. The van der Waals surface area contributed by atoms with E-state index in [1.165, 1.54) is 0 Å². The Morgan fingerprint density at radius 2 is 1.71 bits per heavy atom. The topological polar surface area (TPSA) is 83.6 Å². The van der Waals surface area contributed by atoms with Crippen molar-refractivity contribution in [2.45, 2.75) is 66.3 Å². The Morgan fingerprint density at radius 3 is 2.10 bits per heavy atom. The molecular formula is C16H32N2O3. The van der Waals surface area contributed by atoms with Gasteiger partial charge >= 0.3 is 5.97 Å². The molecular weight excluding hydrogens is 268 g/mol. The molecule has 0 bridgehead atoms. The van der Waals surface area contributed by atoms with Crippen LogP contribution in [-0.2, 0) is 9.59 Å². The fourth-order valence-electron chi connectivity index (χ4n) is 2.54. The molecule has 0 rings (SSSR count). The van der Waals surface area contributed by atoms with Gasteiger partial charge in [0, 0.05) is 19.0 Å². The lowest BCUT2D eigenvalue weighted by Gasteiger charge is -2.32. The smallest absolute Gasteiger partial charge is 0.305 e. The fraction of sp³-hybridized carbons (Fsp3) is 0.875. The van der Waals surface area contributed by atoms with Crippen molar-refractivity contribution in [1.82, 2.24) is 4.90 Å². The third kappa shape index (κ3) is 8.05. The molecule has 0 saturated carbocycles. The van der Waals surface area contributed by atoms with Crippen LogP contribution in [0.2, 0.25) is 0 Å². The minimum atomic E-state index is -0.871. The first-order valence-corrected chi connectivity index (χ1v) is 7.81. The summed E-state index contributed by atoms with van der Waals surface area (Å²) < 4.78 is 0. The molecule has 3 N–H and O–H groups in total. The van der Waals surface area contributed by atoms with E-state index in [0.29, 0.717) is 18.9 Å². The zero-order chi connectivity index (χ0) is 16.6. The summed E-state index contributed by atoms with van der Waals surface area (Å²) in [6, 6.07) is 0.0273. The lowest BCUT2D eigenvalue weighted by Crippen LogP contribution is -2.39. The van der Waals surface area contributed by atoms with Gasteiger partial charge in [0.25, 0.3) is 0 Å². The Balaban J connectivity index is 4.56. The van der Waals surface area contributed by atoms with Crippen LogP contribution in [-0.4, -0.2) is 41.0 Å². The molecule has 21 heavy (non-hydrogen) atoms. The van der Waals surface area contributed by atoms with Gasteiger partial charge < -0.3 is 15.7 Å². The molecule has 0 aromatic rings. The van der Waals surface area contributed by atoms with Crippen molar-refractivity contribution in [3.63, 3.8) is 0 Å².